The number of anilines is 2. The highest BCUT2D eigenvalue weighted by molar-refractivity contribution is 5.99. The van der Waals surface area contributed by atoms with E-state index in [-0.39, 0.29) is 11.4 Å². The van der Waals surface area contributed by atoms with E-state index in [4.69, 9.17) is 5.10 Å². The highest BCUT2D eigenvalue weighted by atomic mass is 16.2. The minimum absolute atomic E-state index is 0.0494. The van der Waals surface area contributed by atoms with E-state index in [0.717, 1.165) is 30.0 Å². The Morgan fingerprint density at radius 3 is 2.40 bits per heavy atom. The van der Waals surface area contributed by atoms with Crippen LogP contribution in [0.4, 0.5) is 16.3 Å². The second-order valence-electron chi connectivity index (χ2n) is 7.85. The van der Waals surface area contributed by atoms with Crippen LogP contribution < -0.4 is 10.6 Å². The molecule has 0 bridgehead atoms. The van der Waals surface area contributed by atoms with Crippen LogP contribution in [-0.2, 0) is 5.41 Å². The maximum absolute atomic E-state index is 12.4. The molecule has 1 aromatic heterocycles. The first-order chi connectivity index (χ1) is 11.9. The number of carbonyl (C=O) groups is 1. The summed E-state index contributed by atoms with van der Waals surface area (Å²) >= 11 is 0. The summed E-state index contributed by atoms with van der Waals surface area (Å²) in [5.74, 6) is 0.783. The second-order valence-corrected chi connectivity index (χ2v) is 7.85. The fourth-order valence-corrected chi connectivity index (χ4v) is 3.26. The van der Waals surface area contributed by atoms with Crippen LogP contribution in [0.15, 0.2) is 36.4 Å². The van der Waals surface area contributed by atoms with Crippen LogP contribution in [0, 0.1) is 0 Å². The van der Waals surface area contributed by atoms with Gasteiger partial charge in [0.25, 0.3) is 0 Å². The molecule has 2 aromatic rings. The van der Waals surface area contributed by atoms with E-state index in [0.29, 0.717) is 6.04 Å². The lowest BCUT2D eigenvalue weighted by Gasteiger charge is -2.24. The van der Waals surface area contributed by atoms with Gasteiger partial charge in [0.2, 0.25) is 0 Å². The molecule has 0 radical (unpaired) electrons. The Kier molecular flexibility index (Phi) is 5.11. The molecule has 0 saturated heterocycles. The Bertz CT molecular complexity index is 709. The molecule has 1 aliphatic rings. The lowest BCUT2D eigenvalue weighted by molar-refractivity contribution is 0.261. The zero-order chi connectivity index (χ0) is 17.9. The van der Waals surface area contributed by atoms with Crippen molar-refractivity contribution in [1.29, 1.82) is 0 Å². The zero-order valence-electron chi connectivity index (χ0n) is 15.4. The van der Waals surface area contributed by atoms with Crippen LogP contribution in [-0.4, -0.2) is 15.8 Å². The molecule has 3 rings (SSSR count). The Morgan fingerprint density at radius 1 is 1.08 bits per heavy atom. The van der Waals surface area contributed by atoms with Gasteiger partial charge >= 0.3 is 6.03 Å². The van der Waals surface area contributed by atoms with Gasteiger partial charge in [-0.3, -0.25) is 5.32 Å². The summed E-state index contributed by atoms with van der Waals surface area (Å²) in [7, 11) is 0. The molecular formula is C20H28N4O. The van der Waals surface area contributed by atoms with Gasteiger partial charge in [0.15, 0.2) is 0 Å². The Labute approximate surface area is 149 Å². The highest BCUT2D eigenvalue weighted by Crippen LogP contribution is 2.33. The summed E-state index contributed by atoms with van der Waals surface area (Å²) in [5, 5.41) is 10.7. The Balaban J connectivity index is 1.80. The first-order valence-electron chi connectivity index (χ1n) is 9.16. The summed E-state index contributed by atoms with van der Waals surface area (Å²) in [6.45, 7) is 6.44. The molecule has 1 aliphatic carbocycles. The molecule has 134 valence electrons. The number of rotatable bonds is 3. The van der Waals surface area contributed by atoms with Crippen LogP contribution in [0.2, 0.25) is 0 Å². The molecule has 25 heavy (non-hydrogen) atoms. The number of hydrogen-bond acceptors (Lipinski definition) is 2. The lowest BCUT2D eigenvalue weighted by Crippen LogP contribution is -2.24. The van der Waals surface area contributed by atoms with E-state index in [1.807, 2.05) is 41.1 Å². The van der Waals surface area contributed by atoms with Crippen molar-refractivity contribution in [2.24, 2.45) is 0 Å². The smallest absolute Gasteiger partial charge is 0.308 e. The molecule has 0 atom stereocenters. The van der Waals surface area contributed by atoms with Gasteiger partial charge in [0.1, 0.15) is 5.82 Å². The third-order valence-corrected chi connectivity index (χ3v) is 4.70. The van der Waals surface area contributed by atoms with Crippen molar-refractivity contribution in [2.75, 3.05) is 10.6 Å². The van der Waals surface area contributed by atoms with E-state index < -0.39 is 0 Å². The molecule has 1 heterocycles. The maximum Gasteiger partial charge on any atom is 0.324 e. The number of para-hydroxylation sites is 1. The topological polar surface area (TPSA) is 59.0 Å². The normalized spacial score (nSPS) is 15.8. The molecule has 0 unspecified atom stereocenters. The Morgan fingerprint density at radius 2 is 1.76 bits per heavy atom. The van der Waals surface area contributed by atoms with E-state index in [2.05, 4.69) is 31.4 Å². The average molecular weight is 340 g/mol. The molecular weight excluding hydrogens is 312 g/mol. The Hall–Kier alpha value is -2.30. The average Bonchev–Trinajstić information content (AvgIpc) is 3.00. The highest BCUT2D eigenvalue weighted by Gasteiger charge is 2.25. The quantitative estimate of drug-likeness (QED) is 0.793. The third kappa shape index (κ3) is 4.41. The molecule has 2 amide bonds. The van der Waals surface area contributed by atoms with Crippen molar-refractivity contribution in [3.63, 3.8) is 0 Å². The standard InChI is InChI=1S/C20H28N4O/c1-20(2,3)17-14-18(24(23-17)16-12-8-5-9-13-16)22-19(25)21-15-10-6-4-7-11-15/h4,6-7,10-11,14,16H,5,8-9,12-13H2,1-3H3,(H2,21,22,25). The number of aromatic nitrogens is 2. The van der Waals surface area contributed by atoms with E-state index in [1.165, 1.54) is 19.3 Å². The second kappa shape index (κ2) is 7.30. The van der Waals surface area contributed by atoms with Crippen LogP contribution in [0.25, 0.3) is 0 Å². The van der Waals surface area contributed by atoms with Gasteiger partial charge in [0.05, 0.1) is 11.7 Å². The molecule has 1 fully saturated rings. The molecule has 5 heteroatoms. The van der Waals surface area contributed by atoms with Gasteiger partial charge in [-0.25, -0.2) is 9.48 Å². The number of nitrogens with one attached hydrogen (secondary N) is 2. The first-order valence-corrected chi connectivity index (χ1v) is 9.16. The van der Waals surface area contributed by atoms with Gasteiger partial charge in [0, 0.05) is 17.2 Å². The molecule has 2 N–H and O–H groups in total. The van der Waals surface area contributed by atoms with Crippen molar-refractivity contribution < 1.29 is 4.79 Å². The van der Waals surface area contributed by atoms with E-state index in [9.17, 15) is 4.79 Å². The molecule has 0 aliphatic heterocycles. The minimum Gasteiger partial charge on any atom is -0.308 e. The molecule has 1 saturated carbocycles. The van der Waals surface area contributed by atoms with Crippen molar-refractivity contribution in [3.05, 3.63) is 42.1 Å². The van der Waals surface area contributed by atoms with Gasteiger partial charge < -0.3 is 5.32 Å². The number of hydrogen-bond donors (Lipinski definition) is 2. The lowest BCUT2D eigenvalue weighted by atomic mass is 9.92. The largest absolute Gasteiger partial charge is 0.324 e. The fraction of sp³-hybridized carbons (Fsp3) is 0.500. The summed E-state index contributed by atoms with van der Waals surface area (Å²) in [6, 6.07) is 11.6. The summed E-state index contributed by atoms with van der Waals surface area (Å²) in [6.07, 6.45) is 6.00. The van der Waals surface area contributed by atoms with Crippen LogP contribution >= 0.6 is 0 Å². The van der Waals surface area contributed by atoms with Gasteiger partial charge in [-0.1, -0.05) is 58.2 Å². The molecule has 1 aromatic carbocycles. The first kappa shape index (κ1) is 17.5. The zero-order valence-corrected chi connectivity index (χ0v) is 15.4. The third-order valence-electron chi connectivity index (χ3n) is 4.70. The number of urea groups is 1. The van der Waals surface area contributed by atoms with Gasteiger partial charge in [-0.15, -0.1) is 0 Å². The van der Waals surface area contributed by atoms with Crippen LogP contribution in [0.5, 0.6) is 0 Å². The van der Waals surface area contributed by atoms with Crippen molar-refractivity contribution in [3.8, 4) is 0 Å². The summed E-state index contributed by atoms with van der Waals surface area (Å²) in [4.78, 5) is 12.4. The van der Waals surface area contributed by atoms with Crippen molar-refractivity contribution in [2.45, 2.75) is 64.3 Å². The van der Waals surface area contributed by atoms with E-state index >= 15 is 0 Å². The number of benzene rings is 1. The summed E-state index contributed by atoms with van der Waals surface area (Å²) in [5.41, 5.74) is 1.74. The van der Waals surface area contributed by atoms with Crippen LogP contribution in [0.3, 0.4) is 0 Å². The summed E-state index contributed by atoms with van der Waals surface area (Å²) < 4.78 is 2.03. The van der Waals surface area contributed by atoms with Gasteiger partial charge in [-0.2, -0.15) is 5.10 Å². The van der Waals surface area contributed by atoms with Crippen molar-refractivity contribution >= 4 is 17.5 Å². The minimum atomic E-state index is -0.233. The number of carbonyl (C=O) groups excluding carboxylic acids is 1. The predicted molar refractivity (Wildman–Crippen MR) is 102 cm³/mol. The fourth-order valence-electron chi connectivity index (χ4n) is 3.26. The number of nitrogens with zero attached hydrogens (tertiary/aromatic N) is 2. The number of amides is 2. The van der Waals surface area contributed by atoms with E-state index in [1.54, 1.807) is 0 Å². The molecule has 0 spiro atoms. The predicted octanol–water partition coefficient (Wildman–Crippen LogP) is 5.33. The van der Waals surface area contributed by atoms with Crippen LogP contribution in [0.1, 0.15) is 64.6 Å². The molecule has 5 nitrogen and oxygen atoms in total. The monoisotopic (exact) mass is 340 g/mol. The van der Waals surface area contributed by atoms with Gasteiger partial charge in [-0.05, 0) is 25.0 Å². The van der Waals surface area contributed by atoms with Crippen molar-refractivity contribution in [1.82, 2.24) is 9.78 Å². The SMILES string of the molecule is CC(C)(C)c1cc(NC(=O)Nc2ccccc2)n(C2CCCCC2)n1. The maximum atomic E-state index is 12.4.